The maximum Gasteiger partial charge on any atom is 0.0726 e. The number of benzene rings is 11. The van der Waals surface area contributed by atoms with Crippen molar-refractivity contribution in [3.8, 4) is 55.6 Å². The summed E-state index contributed by atoms with van der Waals surface area (Å²) in [6, 6.07) is 85.8. The van der Waals surface area contributed by atoms with Gasteiger partial charge in [0, 0.05) is 22.4 Å². The lowest BCUT2D eigenvalue weighted by Gasteiger charge is -2.42. The summed E-state index contributed by atoms with van der Waals surface area (Å²) in [5.74, 6) is 0. The van der Waals surface area contributed by atoms with E-state index in [2.05, 4.69) is 285 Å². The molecule has 1 spiro atoms. The van der Waals surface area contributed by atoms with Crippen LogP contribution < -0.4 is 4.90 Å². The second kappa shape index (κ2) is 16.1. The summed E-state index contributed by atoms with van der Waals surface area (Å²) in [6.07, 6.45) is 0. The molecule has 0 N–H and O–H groups in total. The fourth-order valence-electron chi connectivity index (χ4n) is 13.9. The maximum atomic E-state index is 2.62. The monoisotopic (exact) mass is 963 g/mol. The van der Waals surface area contributed by atoms with Crippen molar-refractivity contribution in [2.75, 3.05) is 4.90 Å². The van der Waals surface area contributed by atoms with Crippen molar-refractivity contribution in [1.82, 2.24) is 0 Å². The number of fused-ring (bicyclic) bond motifs is 14. The van der Waals surface area contributed by atoms with Crippen LogP contribution in [0.5, 0.6) is 0 Å². The molecule has 14 rings (SSSR count). The second-order valence-electron chi connectivity index (χ2n) is 24.0. The first-order valence-corrected chi connectivity index (χ1v) is 26.9. The summed E-state index contributed by atoms with van der Waals surface area (Å²) in [5, 5.41) is 5.34. The Balaban J connectivity index is 1.04. The molecule has 75 heavy (non-hydrogen) atoms. The lowest BCUT2D eigenvalue weighted by Crippen LogP contribution is -2.33. The van der Waals surface area contributed by atoms with Crippen LogP contribution in [0.3, 0.4) is 0 Å². The van der Waals surface area contributed by atoms with Gasteiger partial charge in [0.25, 0.3) is 0 Å². The molecule has 0 fully saturated rings. The average molecular weight is 964 g/mol. The first-order chi connectivity index (χ1) is 36.2. The summed E-state index contributed by atoms with van der Waals surface area (Å²) >= 11 is 0. The molecule has 3 aliphatic rings. The van der Waals surface area contributed by atoms with E-state index in [1.54, 1.807) is 0 Å². The fourth-order valence-corrected chi connectivity index (χ4v) is 13.9. The van der Waals surface area contributed by atoms with Gasteiger partial charge in [0.2, 0.25) is 0 Å². The Morgan fingerprint density at radius 2 is 0.867 bits per heavy atom. The topological polar surface area (TPSA) is 3.24 Å². The molecular formula is C74H61N. The number of anilines is 3. The number of rotatable bonds is 5. The van der Waals surface area contributed by atoms with E-state index in [-0.39, 0.29) is 16.2 Å². The zero-order valence-electron chi connectivity index (χ0n) is 44.3. The molecule has 1 atom stereocenters. The van der Waals surface area contributed by atoms with Gasteiger partial charge in [-0.2, -0.15) is 0 Å². The zero-order chi connectivity index (χ0) is 51.2. The van der Waals surface area contributed by atoms with Crippen molar-refractivity contribution in [3.05, 3.63) is 269 Å². The van der Waals surface area contributed by atoms with Crippen LogP contribution in [0.2, 0.25) is 0 Å². The molecule has 0 aromatic heterocycles. The van der Waals surface area contributed by atoms with Gasteiger partial charge in [0.05, 0.1) is 11.1 Å². The van der Waals surface area contributed by atoms with Gasteiger partial charge in [-0.1, -0.05) is 243 Å². The van der Waals surface area contributed by atoms with Crippen LogP contribution in [0, 0.1) is 0 Å². The minimum absolute atomic E-state index is 0.0629. The minimum atomic E-state index is -0.639. The van der Waals surface area contributed by atoms with Crippen molar-refractivity contribution in [2.45, 2.75) is 77.0 Å². The van der Waals surface area contributed by atoms with E-state index in [0.717, 1.165) is 17.1 Å². The van der Waals surface area contributed by atoms with Gasteiger partial charge in [-0.05, 0) is 163 Å². The van der Waals surface area contributed by atoms with E-state index in [1.807, 2.05) is 0 Å². The van der Waals surface area contributed by atoms with Crippen LogP contribution in [-0.2, 0) is 21.7 Å². The van der Waals surface area contributed by atoms with Gasteiger partial charge in [0.1, 0.15) is 0 Å². The summed E-state index contributed by atoms with van der Waals surface area (Å²) in [4.78, 5) is 2.52. The Kier molecular flexibility index (Phi) is 9.75. The molecule has 1 unspecified atom stereocenters. The predicted molar refractivity (Wildman–Crippen MR) is 318 cm³/mol. The Bertz CT molecular complexity index is 4160. The standard InChI is InChI=1S/C74H61N/c1-71(2,3)60-42-41-59-69-57-27-13-12-26-54(57)64(72(4,5)6)45-67(69)74(63-31-20-28-58(60)70(59)63)62-30-18-15-25-53(62)56-40-38-50(44-66(56)74)75(68-32-19-16-23-51(68)47-21-10-9-11-22-47)49-36-33-46(34-37-49)48-35-39-55-52-24-14-17-29-61(52)73(7,8)65(55)43-48/h9-45H,1-8H3. The Hall–Kier alpha value is -8.26. The SMILES string of the molecule is CC(C)(C)c1cc2c(c3ccccc13)-c1ccc(C(C)(C)C)c3cccc(c13)C21c2ccccc2-c2ccc(N(c3ccc(-c4ccc5c(c4)C(C)(C)c4ccccc4-5)cc3)c3ccccc3-c3ccccc3)cc21. The van der Waals surface area contributed by atoms with Crippen LogP contribution in [0.25, 0.3) is 77.2 Å². The van der Waals surface area contributed by atoms with Gasteiger partial charge in [-0.3, -0.25) is 0 Å². The molecule has 0 bridgehead atoms. The van der Waals surface area contributed by atoms with Crippen molar-refractivity contribution in [2.24, 2.45) is 0 Å². The first kappa shape index (κ1) is 45.4. The molecule has 11 aromatic carbocycles. The fraction of sp³-hybridized carbons (Fsp3) is 0.162. The van der Waals surface area contributed by atoms with E-state index in [1.165, 1.54) is 122 Å². The van der Waals surface area contributed by atoms with E-state index < -0.39 is 5.41 Å². The highest BCUT2D eigenvalue weighted by atomic mass is 15.1. The highest BCUT2D eigenvalue weighted by Crippen LogP contribution is 2.64. The van der Waals surface area contributed by atoms with Gasteiger partial charge < -0.3 is 4.90 Å². The van der Waals surface area contributed by atoms with Gasteiger partial charge in [-0.15, -0.1) is 0 Å². The number of para-hydroxylation sites is 1. The second-order valence-corrected chi connectivity index (χ2v) is 24.0. The summed E-state index contributed by atoms with van der Waals surface area (Å²) < 4.78 is 0. The molecule has 3 aliphatic carbocycles. The third kappa shape index (κ3) is 6.50. The van der Waals surface area contributed by atoms with E-state index in [0.29, 0.717) is 0 Å². The smallest absolute Gasteiger partial charge is 0.0726 e. The normalized spacial score (nSPS) is 15.6. The van der Waals surface area contributed by atoms with Crippen molar-refractivity contribution >= 4 is 38.6 Å². The van der Waals surface area contributed by atoms with E-state index >= 15 is 0 Å². The average Bonchev–Trinajstić information content (AvgIpc) is 4.12. The Labute approximate surface area is 442 Å². The highest BCUT2D eigenvalue weighted by Gasteiger charge is 2.51. The third-order valence-corrected chi connectivity index (χ3v) is 17.3. The maximum absolute atomic E-state index is 2.62. The minimum Gasteiger partial charge on any atom is -0.310 e. The van der Waals surface area contributed by atoms with E-state index in [4.69, 9.17) is 0 Å². The molecule has 0 saturated heterocycles. The van der Waals surface area contributed by atoms with Crippen molar-refractivity contribution in [3.63, 3.8) is 0 Å². The highest BCUT2D eigenvalue weighted by molar-refractivity contribution is 6.15. The largest absolute Gasteiger partial charge is 0.310 e. The summed E-state index contributed by atoms with van der Waals surface area (Å²) in [5.41, 5.74) is 26.1. The summed E-state index contributed by atoms with van der Waals surface area (Å²) in [7, 11) is 0. The number of hydrogen-bond acceptors (Lipinski definition) is 1. The van der Waals surface area contributed by atoms with Crippen molar-refractivity contribution < 1.29 is 0 Å². The van der Waals surface area contributed by atoms with Gasteiger partial charge >= 0.3 is 0 Å². The van der Waals surface area contributed by atoms with Crippen molar-refractivity contribution in [1.29, 1.82) is 0 Å². The molecule has 1 nitrogen and oxygen atoms in total. The summed E-state index contributed by atoms with van der Waals surface area (Å²) in [6.45, 7) is 19.0. The van der Waals surface area contributed by atoms with Crippen LogP contribution >= 0.6 is 0 Å². The molecule has 362 valence electrons. The third-order valence-electron chi connectivity index (χ3n) is 17.3. The Morgan fingerprint density at radius 1 is 0.320 bits per heavy atom. The number of hydrogen-bond donors (Lipinski definition) is 0. The molecular weight excluding hydrogens is 903 g/mol. The Morgan fingerprint density at radius 3 is 1.61 bits per heavy atom. The molecule has 0 aliphatic heterocycles. The van der Waals surface area contributed by atoms with Gasteiger partial charge in [-0.25, -0.2) is 0 Å². The molecule has 1 heteroatoms. The molecule has 0 saturated carbocycles. The van der Waals surface area contributed by atoms with Crippen LogP contribution in [0.15, 0.2) is 224 Å². The number of nitrogens with zero attached hydrogens (tertiary/aromatic N) is 1. The molecule has 0 radical (unpaired) electrons. The van der Waals surface area contributed by atoms with Gasteiger partial charge in [0.15, 0.2) is 0 Å². The van der Waals surface area contributed by atoms with E-state index in [9.17, 15) is 0 Å². The van der Waals surface area contributed by atoms with Crippen LogP contribution in [-0.4, -0.2) is 0 Å². The quantitative estimate of drug-likeness (QED) is 0.166. The molecule has 0 heterocycles. The van der Waals surface area contributed by atoms with Crippen LogP contribution in [0.4, 0.5) is 17.1 Å². The lowest BCUT2D eigenvalue weighted by molar-refractivity contribution is 0.593. The lowest BCUT2D eigenvalue weighted by atomic mass is 9.59. The predicted octanol–water partition coefficient (Wildman–Crippen LogP) is 20.0. The molecule has 11 aromatic rings. The van der Waals surface area contributed by atoms with Crippen LogP contribution in [0.1, 0.15) is 99.9 Å². The first-order valence-electron chi connectivity index (χ1n) is 26.9. The zero-order valence-corrected chi connectivity index (χ0v) is 44.3. The molecule has 0 amide bonds.